The number of para-hydroxylation sites is 1. The first-order valence-electron chi connectivity index (χ1n) is 8.32. The number of fused-ring (bicyclic) bond motifs is 1. The largest absolute Gasteiger partial charge is 0.461 e. The maximum atomic E-state index is 12.3. The smallest absolute Gasteiger partial charge is 0.356 e. The first-order chi connectivity index (χ1) is 12.5. The average Bonchev–Trinajstić information content (AvgIpc) is 3.01. The lowest BCUT2D eigenvalue weighted by molar-refractivity contribution is -0.221. The summed E-state index contributed by atoms with van der Waals surface area (Å²) in [4.78, 5) is 15.2. The number of esters is 1. The highest BCUT2D eigenvalue weighted by molar-refractivity contribution is 6.06. The third-order valence-electron chi connectivity index (χ3n) is 4.36. The summed E-state index contributed by atoms with van der Waals surface area (Å²) in [6.45, 7) is 1.33. The van der Waals surface area contributed by atoms with Gasteiger partial charge in [-0.05, 0) is 13.0 Å². The van der Waals surface area contributed by atoms with Gasteiger partial charge in [0.2, 0.25) is 0 Å². The van der Waals surface area contributed by atoms with E-state index in [0.29, 0.717) is 16.6 Å². The fraction of sp³-hybridized carbons (Fsp3) is 0.471. The van der Waals surface area contributed by atoms with Crippen molar-refractivity contribution in [1.29, 1.82) is 0 Å². The second-order valence-electron chi connectivity index (χ2n) is 6.03. The van der Waals surface area contributed by atoms with Crippen LogP contribution in [-0.4, -0.2) is 75.2 Å². The number of anilines is 1. The quantitative estimate of drug-likeness (QED) is 0.391. The Labute approximate surface area is 149 Å². The van der Waals surface area contributed by atoms with E-state index in [9.17, 15) is 25.2 Å². The van der Waals surface area contributed by atoms with Crippen LogP contribution in [0.4, 0.5) is 5.69 Å². The van der Waals surface area contributed by atoms with Gasteiger partial charge in [0.05, 0.1) is 18.9 Å². The van der Waals surface area contributed by atoms with Crippen molar-refractivity contribution in [3.05, 3.63) is 30.0 Å². The Morgan fingerprint density at radius 2 is 1.96 bits per heavy atom. The SMILES string of the molecule is CCOC(=O)c1[nH]c2ccccc2c1N[C@@H]1O[C@H](CO)[C@@H](O)[C@H](O)[C@H]1O. The van der Waals surface area contributed by atoms with Crippen molar-refractivity contribution in [2.24, 2.45) is 0 Å². The van der Waals surface area contributed by atoms with Crippen LogP contribution in [0.25, 0.3) is 10.9 Å². The van der Waals surface area contributed by atoms with Crippen LogP contribution in [0.3, 0.4) is 0 Å². The number of benzene rings is 1. The Balaban J connectivity index is 1.96. The van der Waals surface area contributed by atoms with Gasteiger partial charge in [-0.15, -0.1) is 0 Å². The first-order valence-corrected chi connectivity index (χ1v) is 8.32. The second-order valence-corrected chi connectivity index (χ2v) is 6.03. The van der Waals surface area contributed by atoms with E-state index in [1.165, 1.54) is 0 Å². The number of hydrogen-bond acceptors (Lipinski definition) is 8. The topological polar surface area (TPSA) is 144 Å². The molecular formula is C17H22N2O7. The van der Waals surface area contributed by atoms with Crippen molar-refractivity contribution in [2.75, 3.05) is 18.5 Å². The number of ether oxygens (including phenoxy) is 2. The minimum absolute atomic E-state index is 0.144. The van der Waals surface area contributed by atoms with Crippen molar-refractivity contribution in [3.63, 3.8) is 0 Å². The van der Waals surface area contributed by atoms with E-state index < -0.39 is 43.2 Å². The van der Waals surface area contributed by atoms with E-state index >= 15 is 0 Å². The summed E-state index contributed by atoms with van der Waals surface area (Å²) >= 11 is 0. The summed E-state index contributed by atoms with van der Waals surface area (Å²) < 4.78 is 10.5. The van der Waals surface area contributed by atoms with Crippen LogP contribution in [0.15, 0.2) is 24.3 Å². The molecule has 0 radical (unpaired) electrons. The summed E-state index contributed by atoms with van der Waals surface area (Å²) in [6, 6.07) is 7.12. The Kier molecular flexibility index (Phi) is 5.44. The molecule has 0 bridgehead atoms. The van der Waals surface area contributed by atoms with Crippen LogP contribution < -0.4 is 5.32 Å². The molecule has 0 amide bonds. The highest BCUT2D eigenvalue weighted by Gasteiger charge is 2.44. The van der Waals surface area contributed by atoms with Gasteiger partial charge in [0, 0.05) is 10.9 Å². The highest BCUT2D eigenvalue weighted by Crippen LogP contribution is 2.31. The molecule has 3 rings (SSSR count). The van der Waals surface area contributed by atoms with Crippen LogP contribution in [0.1, 0.15) is 17.4 Å². The summed E-state index contributed by atoms with van der Waals surface area (Å²) in [5.74, 6) is -0.587. The van der Waals surface area contributed by atoms with Gasteiger partial charge in [0.15, 0.2) is 6.23 Å². The molecule has 1 aliphatic heterocycles. The third kappa shape index (κ3) is 3.27. The molecule has 26 heavy (non-hydrogen) atoms. The molecule has 1 fully saturated rings. The molecule has 9 nitrogen and oxygen atoms in total. The molecule has 1 saturated heterocycles. The van der Waals surface area contributed by atoms with Crippen LogP contribution in [0, 0.1) is 0 Å². The molecule has 2 heterocycles. The van der Waals surface area contributed by atoms with Gasteiger partial charge in [-0.1, -0.05) is 18.2 Å². The molecule has 5 atom stereocenters. The van der Waals surface area contributed by atoms with Gasteiger partial charge < -0.3 is 40.2 Å². The number of aromatic amines is 1. The van der Waals surface area contributed by atoms with E-state index in [4.69, 9.17) is 9.47 Å². The van der Waals surface area contributed by atoms with Gasteiger partial charge in [0.25, 0.3) is 0 Å². The van der Waals surface area contributed by atoms with E-state index in [-0.39, 0.29) is 12.3 Å². The average molecular weight is 366 g/mol. The third-order valence-corrected chi connectivity index (χ3v) is 4.36. The lowest BCUT2D eigenvalue weighted by atomic mass is 9.98. The maximum Gasteiger partial charge on any atom is 0.356 e. The zero-order valence-electron chi connectivity index (χ0n) is 14.1. The number of H-pyrrole nitrogens is 1. The molecule has 2 aromatic rings. The van der Waals surface area contributed by atoms with Crippen LogP contribution >= 0.6 is 0 Å². The molecule has 142 valence electrons. The normalized spacial score (nSPS) is 28.9. The molecule has 0 spiro atoms. The number of rotatable bonds is 5. The van der Waals surface area contributed by atoms with Gasteiger partial charge in [-0.2, -0.15) is 0 Å². The Morgan fingerprint density at radius 3 is 2.65 bits per heavy atom. The number of carbonyl (C=O) groups excluding carboxylic acids is 1. The summed E-state index contributed by atoms with van der Waals surface area (Å²) in [6.07, 6.45) is -6.66. The van der Waals surface area contributed by atoms with Crippen LogP contribution in [0.2, 0.25) is 0 Å². The number of carbonyl (C=O) groups is 1. The maximum absolute atomic E-state index is 12.3. The number of aliphatic hydroxyl groups excluding tert-OH is 4. The number of hydrogen-bond donors (Lipinski definition) is 6. The van der Waals surface area contributed by atoms with E-state index in [1.807, 2.05) is 0 Å². The lowest BCUT2D eigenvalue weighted by Gasteiger charge is -2.40. The predicted octanol–water partition coefficient (Wildman–Crippen LogP) is -0.444. The molecule has 1 aromatic heterocycles. The van der Waals surface area contributed by atoms with Crippen molar-refractivity contribution >= 4 is 22.6 Å². The summed E-state index contributed by atoms with van der Waals surface area (Å²) in [7, 11) is 0. The summed E-state index contributed by atoms with van der Waals surface area (Å²) in [5.41, 5.74) is 1.15. The molecule has 0 unspecified atom stereocenters. The van der Waals surface area contributed by atoms with Crippen molar-refractivity contribution in [3.8, 4) is 0 Å². The van der Waals surface area contributed by atoms with Gasteiger partial charge in [-0.3, -0.25) is 0 Å². The zero-order valence-corrected chi connectivity index (χ0v) is 14.1. The molecule has 6 N–H and O–H groups in total. The molecule has 0 aliphatic carbocycles. The Bertz CT molecular complexity index is 776. The number of aromatic nitrogens is 1. The second kappa shape index (κ2) is 7.60. The van der Waals surface area contributed by atoms with Crippen molar-refractivity contribution in [2.45, 2.75) is 37.6 Å². The Hall–Kier alpha value is -2.17. The lowest BCUT2D eigenvalue weighted by Crippen LogP contribution is -2.60. The number of aliphatic hydroxyl groups is 4. The van der Waals surface area contributed by atoms with Gasteiger partial charge >= 0.3 is 5.97 Å². The fourth-order valence-electron chi connectivity index (χ4n) is 3.01. The number of nitrogens with one attached hydrogen (secondary N) is 2. The van der Waals surface area contributed by atoms with Crippen molar-refractivity contribution < 1.29 is 34.7 Å². The molecular weight excluding hydrogens is 344 g/mol. The highest BCUT2D eigenvalue weighted by atomic mass is 16.6. The van der Waals surface area contributed by atoms with E-state index in [0.717, 1.165) is 0 Å². The van der Waals surface area contributed by atoms with Crippen molar-refractivity contribution in [1.82, 2.24) is 4.98 Å². The molecule has 9 heteroatoms. The van der Waals surface area contributed by atoms with Crippen LogP contribution in [0.5, 0.6) is 0 Å². The van der Waals surface area contributed by atoms with Gasteiger partial charge in [-0.25, -0.2) is 4.79 Å². The zero-order chi connectivity index (χ0) is 18.8. The predicted molar refractivity (Wildman–Crippen MR) is 91.6 cm³/mol. The Morgan fingerprint density at radius 1 is 1.23 bits per heavy atom. The van der Waals surface area contributed by atoms with E-state index in [1.54, 1.807) is 31.2 Å². The van der Waals surface area contributed by atoms with Gasteiger partial charge in [0.1, 0.15) is 30.1 Å². The fourth-order valence-corrected chi connectivity index (χ4v) is 3.01. The molecule has 1 aliphatic rings. The molecule has 1 aromatic carbocycles. The first kappa shape index (κ1) is 18.6. The minimum atomic E-state index is -1.52. The monoisotopic (exact) mass is 366 g/mol. The summed E-state index contributed by atoms with van der Waals surface area (Å²) in [5, 5.41) is 42.9. The standard InChI is InChI=1S/C17H22N2O7/c1-2-25-17(24)12-11(8-5-3-4-6-9(8)18-12)19-16-15(23)14(22)13(21)10(7-20)26-16/h3-6,10,13-16,18-23H,2,7H2,1H3/t10-,13-,14+,15-,16-/m1/s1. The van der Waals surface area contributed by atoms with E-state index in [2.05, 4.69) is 10.3 Å². The van der Waals surface area contributed by atoms with Crippen LogP contribution in [-0.2, 0) is 9.47 Å². The minimum Gasteiger partial charge on any atom is -0.461 e. The molecule has 0 saturated carbocycles.